The molecule has 116 valence electrons. The zero-order valence-corrected chi connectivity index (χ0v) is 12.6. The molecule has 6 nitrogen and oxygen atoms in total. The highest BCUT2D eigenvalue weighted by Crippen LogP contribution is 2.23. The summed E-state index contributed by atoms with van der Waals surface area (Å²) < 4.78 is 5.36. The molecule has 0 radical (unpaired) electrons. The number of hydrogen-bond acceptors (Lipinski definition) is 4. The Bertz CT molecular complexity index is 848. The van der Waals surface area contributed by atoms with E-state index < -0.39 is 17.8 Å². The van der Waals surface area contributed by atoms with Gasteiger partial charge in [0.2, 0.25) is 0 Å². The fourth-order valence-electron chi connectivity index (χ4n) is 2.33. The molecule has 1 N–H and O–H groups in total. The molecule has 23 heavy (non-hydrogen) atoms. The van der Waals surface area contributed by atoms with Crippen LogP contribution in [0.4, 0.5) is 10.5 Å². The molecule has 3 rings (SSSR count). The van der Waals surface area contributed by atoms with Gasteiger partial charge < -0.3 is 4.42 Å². The zero-order chi connectivity index (χ0) is 16.6. The van der Waals surface area contributed by atoms with Crippen LogP contribution in [0.25, 0.3) is 6.08 Å². The number of urea groups is 1. The number of hydrogen-bond donors (Lipinski definition) is 1. The maximum absolute atomic E-state index is 12.6. The summed E-state index contributed by atoms with van der Waals surface area (Å²) in [5.41, 5.74) is 1.15. The standard InChI is InChI=1S/C17H14N2O4/c1-10-4-3-5-12(8-10)19-16(21)14(15(20)18-17(19)22)9-13-7-6-11(2)23-13/h3-9H,1-2H3,(H,18,20,22)/b14-9+. The molecule has 0 atom stereocenters. The molecule has 1 aromatic heterocycles. The van der Waals surface area contributed by atoms with E-state index in [-0.39, 0.29) is 5.57 Å². The third-order valence-corrected chi connectivity index (χ3v) is 3.41. The summed E-state index contributed by atoms with van der Waals surface area (Å²) in [6.07, 6.45) is 1.33. The summed E-state index contributed by atoms with van der Waals surface area (Å²) in [6.45, 7) is 3.61. The van der Waals surface area contributed by atoms with Crippen molar-refractivity contribution < 1.29 is 18.8 Å². The van der Waals surface area contributed by atoms with Crippen LogP contribution in [0.3, 0.4) is 0 Å². The van der Waals surface area contributed by atoms with Crippen molar-refractivity contribution in [2.24, 2.45) is 0 Å². The van der Waals surface area contributed by atoms with Crippen LogP contribution >= 0.6 is 0 Å². The lowest BCUT2D eigenvalue weighted by Gasteiger charge is -2.26. The van der Waals surface area contributed by atoms with Crippen LogP contribution in [0.1, 0.15) is 17.1 Å². The number of rotatable bonds is 2. The number of nitrogens with zero attached hydrogens (tertiary/aromatic N) is 1. The van der Waals surface area contributed by atoms with Gasteiger partial charge in [0.15, 0.2) is 0 Å². The highest BCUT2D eigenvalue weighted by atomic mass is 16.3. The number of imide groups is 2. The molecular weight excluding hydrogens is 296 g/mol. The van der Waals surface area contributed by atoms with Crippen LogP contribution in [0.2, 0.25) is 0 Å². The normalized spacial score (nSPS) is 16.9. The van der Waals surface area contributed by atoms with Gasteiger partial charge in [-0.05, 0) is 49.8 Å². The monoisotopic (exact) mass is 310 g/mol. The Morgan fingerprint density at radius 1 is 1.09 bits per heavy atom. The van der Waals surface area contributed by atoms with E-state index in [0.29, 0.717) is 17.2 Å². The molecule has 0 bridgehead atoms. The third kappa shape index (κ3) is 2.78. The van der Waals surface area contributed by atoms with E-state index in [4.69, 9.17) is 4.42 Å². The van der Waals surface area contributed by atoms with Gasteiger partial charge in [-0.1, -0.05) is 12.1 Å². The van der Waals surface area contributed by atoms with Crippen molar-refractivity contribution in [3.8, 4) is 0 Å². The van der Waals surface area contributed by atoms with Crippen molar-refractivity contribution in [2.75, 3.05) is 4.90 Å². The van der Waals surface area contributed by atoms with Crippen molar-refractivity contribution >= 4 is 29.6 Å². The molecule has 1 fully saturated rings. The predicted octanol–water partition coefficient (Wildman–Crippen LogP) is 2.56. The number of furan rings is 1. The minimum Gasteiger partial charge on any atom is -0.462 e. The fourth-order valence-corrected chi connectivity index (χ4v) is 2.33. The fraction of sp³-hybridized carbons (Fsp3) is 0.118. The maximum atomic E-state index is 12.6. The molecule has 1 aromatic carbocycles. The molecule has 2 heterocycles. The van der Waals surface area contributed by atoms with E-state index in [1.165, 1.54) is 6.08 Å². The highest BCUT2D eigenvalue weighted by Gasteiger charge is 2.37. The Labute approximate surface area is 132 Å². The summed E-state index contributed by atoms with van der Waals surface area (Å²) >= 11 is 0. The largest absolute Gasteiger partial charge is 0.462 e. The summed E-state index contributed by atoms with van der Waals surface area (Å²) in [7, 11) is 0. The van der Waals surface area contributed by atoms with Gasteiger partial charge in [-0.2, -0.15) is 0 Å². The smallest absolute Gasteiger partial charge is 0.335 e. The number of carbonyl (C=O) groups is 3. The molecule has 0 unspecified atom stereocenters. The van der Waals surface area contributed by atoms with E-state index in [1.807, 2.05) is 13.0 Å². The second-order valence-corrected chi connectivity index (χ2v) is 5.25. The lowest BCUT2D eigenvalue weighted by molar-refractivity contribution is -0.122. The summed E-state index contributed by atoms with van der Waals surface area (Å²) in [6, 6.07) is 9.52. The van der Waals surface area contributed by atoms with Gasteiger partial charge in [0.25, 0.3) is 11.8 Å². The van der Waals surface area contributed by atoms with Crippen LogP contribution in [0.5, 0.6) is 0 Å². The first kappa shape index (κ1) is 14.8. The zero-order valence-electron chi connectivity index (χ0n) is 12.6. The van der Waals surface area contributed by atoms with Gasteiger partial charge in [0.05, 0.1) is 5.69 Å². The number of carbonyl (C=O) groups excluding carboxylic acids is 3. The number of anilines is 1. The van der Waals surface area contributed by atoms with E-state index in [2.05, 4.69) is 5.32 Å². The molecule has 1 aliphatic heterocycles. The van der Waals surface area contributed by atoms with Gasteiger partial charge in [-0.25, -0.2) is 9.69 Å². The Kier molecular flexibility index (Phi) is 3.57. The van der Waals surface area contributed by atoms with Crippen molar-refractivity contribution in [3.63, 3.8) is 0 Å². The number of benzene rings is 1. The first-order chi connectivity index (χ1) is 11.0. The SMILES string of the molecule is Cc1cccc(N2C(=O)NC(=O)/C(=C\c3ccc(C)o3)C2=O)c1. The lowest BCUT2D eigenvalue weighted by atomic mass is 10.1. The van der Waals surface area contributed by atoms with Crippen molar-refractivity contribution in [2.45, 2.75) is 13.8 Å². The molecular formula is C17H14N2O4. The molecule has 0 aliphatic carbocycles. The third-order valence-electron chi connectivity index (χ3n) is 3.41. The van der Waals surface area contributed by atoms with Gasteiger partial charge >= 0.3 is 6.03 Å². The second-order valence-electron chi connectivity index (χ2n) is 5.25. The summed E-state index contributed by atoms with van der Waals surface area (Å²) in [4.78, 5) is 37.6. The van der Waals surface area contributed by atoms with Crippen molar-refractivity contribution in [3.05, 3.63) is 59.1 Å². The van der Waals surface area contributed by atoms with Crippen LogP contribution in [-0.4, -0.2) is 17.8 Å². The molecule has 6 heteroatoms. The molecule has 1 saturated heterocycles. The summed E-state index contributed by atoms with van der Waals surface area (Å²) in [5, 5.41) is 2.17. The quantitative estimate of drug-likeness (QED) is 0.683. The van der Waals surface area contributed by atoms with Crippen LogP contribution < -0.4 is 10.2 Å². The minimum absolute atomic E-state index is 0.152. The van der Waals surface area contributed by atoms with Crippen LogP contribution in [-0.2, 0) is 9.59 Å². The number of aryl methyl sites for hydroxylation is 2. The van der Waals surface area contributed by atoms with Gasteiger partial charge in [-0.3, -0.25) is 14.9 Å². The second kappa shape index (κ2) is 5.57. The first-order valence-corrected chi connectivity index (χ1v) is 7.00. The number of nitrogens with one attached hydrogen (secondary N) is 1. The van der Waals surface area contributed by atoms with E-state index >= 15 is 0 Å². The molecule has 4 amide bonds. The van der Waals surface area contributed by atoms with E-state index in [0.717, 1.165) is 10.5 Å². The topological polar surface area (TPSA) is 79.6 Å². The first-order valence-electron chi connectivity index (χ1n) is 7.00. The molecule has 0 saturated carbocycles. The Morgan fingerprint density at radius 3 is 2.52 bits per heavy atom. The van der Waals surface area contributed by atoms with Gasteiger partial charge in [0.1, 0.15) is 17.1 Å². The van der Waals surface area contributed by atoms with E-state index in [9.17, 15) is 14.4 Å². The molecule has 0 spiro atoms. The van der Waals surface area contributed by atoms with Crippen LogP contribution in [0, 0.1) is 13.8 Å². The average molecular weight is 310 g/mol. The van der Waals surface area contributed by atoms with Gasteiger partial charge in [-0.15, -0.1) is 0 Å². The maximum Gasteiger partial charge on any atom is 0.335 e. The molecule has 2 aromatic rings. The Morgan fingerprint density at radius 2 is 1.87 bits per heavy atom. The Balaban J connectivity index is 2.02. The molecule has 1 aliphatic rings. The number of amides is 4. The van der Waals surface area contributed by atoms with Crippen molar-refractivity contribution in [1.29, 1.82) is 0 Å². The minimum atomic E-state index is -0.765. The average Bonchev–Trinajstić information content (AvgIpc) is 2.89. The number of barbiturate groups is 1. The summed E-state index contributed by atoms with van der Waals surface area (Å²) in [5.74, 6) is -0.386. The Hall–Kier alpha value is -3.15. The highest BCUT2D eigenvalue weighted by molar-refractivity contribution is 6.39. The van der Waals surface area contributed by atoms with Crippen LogP contribution in [0.15, 0.2) is 46.4 Å². The van der Waals surface area contributed by atoms with E-state index in [1.54, 1.807) is 37.3 Å². The predicted molar refractivity (Wildman–Crippen MR) is 83.6 cm³/mol. The van der Waals surface area contributed by atoms with Crippen molar-refractivity contribution in [1.82, 2.24) is 5.32 Å². The van der Waals surface area contributed by atoms with Gasteiger partial charge in [0, 0.05) is 0 Å². The lowest BCUT2D eigenvalue weighted by Crippen LogP contribution is -2.54.